The number of methoxy groups -OCH3 is 1. The lowest BCUT2D eigenvalue weighted by Crippen LogP contribution is -2.06. The van der Waals surface area contributed by atoms with Crippen molar-refractivity contribution < 1.29 is 9.13 Å². The smallest absolute Gasteiger partial charge is 0.192 e. The maximum Gasteiger partial charge on any atom is 0.192 e. The molecule has 0 fully saturated rings. The van der Waals surface area contributed by atoms with Gasteiger partial charge in [-0.15, -0.1) is 0 Å². The van der Waals surface area contributed by atoms with Crippen LogP contribution in [0.5, 0.6) is 5.75 Å². The first kappa shape index (κ1) is 9.71. The molecule has 0 unspecified atom stereocenters. The van der Waals surface area contributed by atoms with Crippen LogP contribution in [0.4, 0.5) is 4.39 Å². The molecule has 0 aliphatic heterocycles. The topological polar surface area (TPSA) is 42.1 Å². The molecule has 1 heterocycles. The molecule has 3 nitrogen and oxygen atoms in total. The highest BCUT2D eigenvalue weighted by atomic mass is 19.1. The van der Waals surface area contributed by atoms with Gasteiger partial charge in [0.1, 0.15) is 11.6 Å². The first-order valence-electron chi connectivity index (χ1n) is 4.49. The van der Waals surface area contributed by atoms with Crippen molar-refractivity contribution in [1.29, 1.82) is 0 Å². The molecule has 0 atom stereocenters. The average Bonchev–Trinajstić information content (AvgIpc) is 2.17. The quantitative estimate of drug-likeness (QED) is 0.776. The minimum Gasteiger partial charge on any atom is -0.495 e. The van der Waals surface area contributed by atoms with Gasteiger partial charge in [-0.05, 0) is 19.1 Å². The SMILES string of the molecule is COc1ccc(F)c2c(=O)cc(C)[nH]c12. The van der Waals surface area contributed by atoms with E-state index in [-0.39, 0.29) is 10.8 Å². The van der Waals surface area contributed by atoms with Crippen LogP contribution in [0.2, 0.25) is 0 Å². The number of nitrogens with one attached hydrogen (secondary N) is 1. The fourth-order valence-electron chi connectivity index (χ4n) is 1.60. The van der Waals surface area contributed by atoms with E-state index in [1.165, 1.54) is 25.3 Å². The summed E-state index contributed by atoms with van der Waals surface area (Å²) >= 11 is 0. The second-order valence-electron chi connectivity index (χ2n) is 3.32. The summed E-state index contributed by atoms with van der Waals surface area (Å²) in [5.74, 6) is -0.0701. The van der Waals surface area contributed by atoms with E-state index in [0.717, 1.165) is 0 Å². The monoisotopic (exact) mass is 207 g/mol. The van der Waals surface area contributed by atoms with E-state index in [1.54, 1.807) is 6.92 Å². The van der Waals surface area contributed by atoms with Gasteiger partial charge in [0.15, 0.2) is 5.43 Å². The number of H-pyrrole nitrogens is 1. The molecule has 2 aromatic rings. The summed E-state index contributed by atoms with van der Waals surface area (Å²) in [5.41, 5.74) is 0.747. The van der Waals surface area contributed by atoms with Crippen molar-refractivity contribution in [3.8, 4) is 5.75 Å². The highest BCUT2D eigenvalue weighted by Gasteiger charge is 2.10. The summed E-state index contributed by atoms with van der Waals surface area (Å²) < 4.78 is 18.5. The Bertz CT molecular complexity index is 575. The highest BCUT2D eigenvalue weighted by Crippen LogP contribution is 2.23. The first-order chi connectivity index (χ1) is 7.13. The standard InChI is InChI=1S/C11H10FNO2/c1-6-5-8(14)10-7(12)3-4-9(15-2)11(10)13-6/h3-5H,1-2H3,(H,13,14). The number of fused-ring (bicyclic) bond motifs is 1. The van der Waals surface area contributed by atoms with Gasteiger partial charge in [-0.3, -0.25) is 4.79 Å². The number of hydrogen-bond acceptors (Lipinski definition) is 2. The van der Waals surface area contributed by atoms with Crippen LogP contribution in [0.3, 0.4) is 0 Å². The van der Waals surface area contributed by atoms with Crippen molar-refractivity contribution in [3.63, 3.8) is 0 Å². The molecule has 0 saturated carbocycles. The molecule has 0 aliphatic rings. The van der Waals surface area contributed by atoms with Crippen molar-refractivity contribution in [3.05, 3.63) is 39.9 Å². The summed E-state index contributed by atoms with van der Waals surface area (Å²) in [6.07, 6.45) is 0. The molecular formula is C11H10FNO2. The predicted molar refractivity (Wildman–Crippen MR) is 55.8 cm³/mol. The van der Waals surface area contributed by atoms with E-state index in [2.05, 4.69) is 4.98 Å². The number of aromatic nitrogens is 1. The molecule has 0 saturated heterocycles. The fraction of sp³-hybridized carbons (Fsp3) is 0.182. The third-order valence-corrected chi connectivity index (χ3v) is 2.25. The Labute approximate surface area is 85.5 Å². The second-order valence-corrected chi connectivity index (χ2v) is 3.32. The van der Waals surface area contributed by atoms with E-state index in [9.17, 15) is 9.18 Å². The molecular weight excluding hydrogens is 197 g/mol. The molecule has 0 amide bonds. The molecule has 78 valence electrons. The number of benzene rings is 1. The largest absolute Gasteiger partial charge is 0.495 e. The Morgan fingerprint density at radius 2 is 2.13 bits per heavy atom. The van der Waals surface area contributed by atoms with Crippen molar-refractivity contribution in [1.82, 2.24) is 4.98 Å². The van der Waals surface area contributed by atoms with Crippen LogP contribution >= 0.6 is 0 Å². The second kappa shape index (κ2) is 3.38. The summed E-state index contributed by atoms with van der Waals surface area (Å²) in [4.78, 5) is 14.5. The van der Waals surface area contributed by atoms with Gasteiger partial charge in [0, 0.05) is 11.8 Å². The summed E-state index contributed by atoms with van der Waals surface area (Å²) in [7, 11) is 1.48. The molecule has 4 heteroatoms. The van der Waals surface area contributed by atoms with Crippen LogP contribution in [0.25, 0.3) is 10.9 Å². The van der Waals surface area contributed by atoms with E-state index in [0.29, 0.717) is 17.0 Å². The number of hydrogen-bond donors (Lipinski definition) is 1. The van der Waals surface area contributed by atoms with E-state index in [1.807, 2.05) is 0 Å². The van der Waals surface area contributed by atoms with Crippen LogP contribution in [0, 0.1) is 12.7 Å². The van der Waals surface area contributed by atoms with E-state index < -0.39 is 5.82 Å². The van der Waals surface area contributed by atoms with Crippen molar-refractivity contribution in [2.45, 2.75) is 6.92 Å². The normalized spacial score (nSPS) is 10.6. The maximum absolute atomic E-state index is 13.4. The molecule has 0 aliphatic carbocycles. The Morgan fingerprint density at radius 1 is 1.40 bits per heavy atom. The number of rotatable bonds is 1. The Morgan fingerprint density at radius 3 is 2.80 bits per heavy atom. The van der Waals surface area contributed by atoms with Gasteiger partial charge in [0.2, 0.25) is 0 Å². The predicted octanol–water partition coefficient (Wildman–Crippen LogP) is 1.98. The fourth-order valence-corrected chi connectivity index (χ4v) is 1.60. The summed E-state index contributed by atoms with van der Waals surface area (Å²) in [6, 6.07) is 4.09. The first-order valence-corrected chi connectivity index (χ1v) is 4.49. The molecule has 2 rings (SSSR count). The van der Waals surface area contributed by atoms with E-state index in [4.69, 9.17) is 4.74 Å². The Balaban J connectivity index is 3.00. The Hall–Kier alpha value is -1.84. The zero-order valence-corrected chi connectivity index (χ0v) is 8.43. The van der Waals surface area contributed by atoms with Crippen molar-refractivity contribution in [2.24, 2.45) is 0 Å². The van der Waals surface area contributed by atoms with Crippen molar-refractivity contribution >= 4 is 10.9 Å². The number of ether oxygens (including phenoxy) is 1. The van der Waals surface area contributed by atoms with Gasteiger partial charge >= 0.3 is 0 Å². The maximum atomic E-state index is 13.4. The van der Waals surface area contributed by atoms with Crippen LogP contribution in [-0.4, -0.2) is 12.1 Å². The highest BCUT2D eigenvalue weighted by molar-refractivity contribution is 5.85. The molecule has 1 aromatic carbocycles. The van der Waals surface area contributed by atoms with Crippen LogP contribution in [0.15, 0.2) is 23.0 Å². The number of aryl methyl sites for hydroxylation is 1. The number of halogens is 1. The van der Waals surface area contributed by atoms with E-state index >= 15 is 0 Å². The molecule has 1 N–H and O–H groups in total. The van der Waals surface area contributed by atoms with Gasteiger partial charge in [-0.2, -0.15) is 0 Å². The third-order valence-electron chi connectivity index (χ3n) is 2.25. The molecule has 0 bridgehead atoms. The minimum absolute atomic E-state index is 0.0416. The lowest BCUT2D eigenvalue weighted by Gasteiger charge is -2.06. The number of aromatic amines is 1. The van der Waals surface area contributed by atoms with Crippen molar-refractivity contribution in [2.75, 3.05) is 7.11 Å². The molecule has 15 heavy (non-hydrogen) atoms. The van der Waals surface area contributed by atoms with Gasteiger partial charge in [-0.1, -0.05) is 0 Å². The molecule has 1 aromatic heterocycles. The lowest BCUT2D eigenvalue weighted by molar-refractivity contribution is 0.418. The minimum atomic E-state index is -0.535. The van der Waals surface area contributed by atoms with Gasteiger partial charge in [-0.25, -0.2) is 4.39 Å². The average molecular weight is 207 g/mol. The van der Waals surface area contributed by atoms with Gasteiger partial charge in [0.05, 0.1) is 18.0 Å². The zero-order valence-electron chi connectivity index (χ0n) is 8.43. The zero-order chi connectivity index (χ0) is 11.0. The van der Waals surface area contributed by atoms with Crippen LogP contribution < -0.4 is 10.2 Å². The summed E-state index contributed by atoms with van der Waals surface area (Å²) in [5, 5.41) is 0.0416. The lowest BCUT2D eigenvalue weighted by atomic mass is 10.1. The summed E-state index contributed by atoms with van der Waals surface area (Å²) in [6.45, 7) is 1.74. The Kier molecular flexibility index (Phi) is 2.19. The third kappa shape index (κ3) is 1.48. The van der Waals surface area contributed by atoms with Gasteiger partial charge in [0.25, 0.3) is 0 Å². The molecule has 0 spiro atoms. The van der Waals surface area contributed by atoms with Gasteiger partial charge < -0.3 is 9.72 Å². The van der Waals surface area contributed by atoms with Crippen LogP contribution in [0.1, 0.15) is 5.69 Å². The van der Waals surface area contributed by atoms with Crippen LogP contribution in [-0.2, 0) is 0 Å². The molecule has 0 radical (unpaired) electrons. The number of pyridine rings is 1.